The lowest BCUT2D eigenvalue weighted by atomic mass is 10.0. The molecule has 0 aromatic heterocycles. The van der Waals surface area contributed by atoms with Crippen molar-refractivity contribution in [1.82, 2.24) is 4.31 Å². The van der Waals surface area contributed by atoms with Gasteiger partial charge in [-0.25, -0.2) is 8.42 Å². The van der Waals surface area contributed by atoms with Crippen molar-refractivity contribution in [1.29, 1.82) is 0 Å². The Morgan fingerprint density at radius 1 is 1.07 bits per heavy atom. The lowest BCUT2D eigenvalue weighted by Gasteiger charge is -2.30. The predicted molar refractivity (Wildman–Crippen MR) is 119 cm³/mol. The van der Waals surface area contributed by atoms with E-state index in [4.69, 9.17) is 4.74 Å². The number of fused-ring (bicyclic) bond motifs is 1. The quantitative estimate of drug-likeness (QED) is 0.635. The van der Waals surface area contributed by atoms with Crippen LogP contribution in [-0.4, -0.2) is 51.1 Å². The normalized spacial score (nSPS) is 17.0. The van der Waals surface area contributed by atoms with Gasteiger partial charge in [0, 0.05) is 30.2 Å². The molecular formula is C22H26N2O4S2. The summed E-state index contributed by atoms with van der Waals surface area (Å²) in [5.41, 5.74) is 1.76. The number of nitrogens with zero attached hydrogens (tertiary/aromatic N) is 2. The minimum Gasteiger partial charge on any atom is -0.497 e. The average Bonchev–Trinajstić information content (AvgIpc) is 3.32. The second-order valence-electron chi connectivity index (χ2n) is 7.52. The van der Waals surface area contributed by atoms with Gasteiger partial charge < -0.3 is 9.64 Å². The molecule has 1 saturated heterocycles. The molecule has 0 N–H and O–H groups in total. The molecule has 2 aliphatic heterocycles. The number of benzene rings is 2. The van der Waals surface area contributed by atoms with Gasteiger partial charge in [0.15, 0.2) is 0 Å². The topological polar surface area (TPSA) is 66.9 Å². The number of anilines is 1. The lowest BCUT2D eigenvalue weighted by Crippen LogP contribution is -2.37. The number of aryl methyl sites for hydroxylation is 1. The second-order valence-corrected chi connectivity index (χ2v) is 10.5. The summed E-state index contributed by atoms with van der Waals surface area (Å²) in [6, 6.07) is 12.9. The van der Waals surface area contributed by atoms with E-state index in [0.29, 0.717) is 30.3 Å². The first-order chi connectivity index (χ1) is 14.5. The molecule has 4 rings (SSSR count). The number of rotatable bonds is 6. The van der Waals surface area contributed by atoms with Crippen molar-refractivity contribution in [3.8, 4) is 5.75 Å². The van der Waals surface area contributed by atoms with E-state index in [2.05, 4.69) is 0 Å². The highest BCUT2D eigenvalue weighted by Crippen LogP contribution is 2.32. The van der Waals surface area contributed by atoms with E-state index < -0.39 is 10.0 Å². The summed E-state index contributed by atoms with van der Waals surface area (Å²) in [5, 5.41) is 0. The molecule has 1 amide bonds. The maximum absolute atomic E-state index is 12.9. The van der Waals surface area contributed by atoms with E-state index >= 15 is 0 Å². The van der Waals surface area contributed by atoms with Crippen LogP contribution in [0, 0.1) is 0 Å². The molecule has 1 fully saturated rings. The van der Waals surface area contributed by atoms with Crippen molar-refractivity contribution in [3.05, 3.63) is 48.0 Å². The minimum atomic E-state index is -3.45. The third kappa shape index (κ3) is 4.36. The van der Waals surface area contributed by atoms with Gasteiger partial charge in [-0.1, -0.05) is 6.07 Å². The zero-order chi connectivity index (χ0) is 21.1. The van der Waals surface area contributed by atoms with Crippen LogP contribution in [0.5, 0.6) is 5.75 Å². The Kier molecular flexibility index (Phi) is 6.36. The molecule has 0 saturated carbocycles. The third-order valence-electron chi connectivity index (χ3n) is 5.58. The molecule has 0 atom stereocenters. The molecule has 30 heavy (non-hydrogen) atoms. The summed E-state index contributed by atoms with van der Waals surface area (Å²) in [6.07, 6.45) is 3.44. The average molecular weight is 447 g/mol. The van der Waals surface area contributed by atoms with E-state index in [1.807, 2.05) is 24.3 Å². The standard InChI is InChI=1S/C22H26N2O4S2/c1-28-18-7-4-8-19(15-18)29-16-22(25)24-13-5-6-17-14-20(9-10-21(17)24)30(26,27)23-11-2-3-12-23/h4,7-10,14-15H,2-3,5-6,11-13,16H2,1H3. The lowest BCUT2D eigenvalue weighted by molar-refractivity contribution is -0.116. The first-order valence-corrected chi connectivity index (χ1v) is 12.6. The van der Waals surface area contributed by atoms with Crippen LogP contribution in [0.2, 0.25) is 0 Å². The Bertz CT molecular complexity index is 1030. The highest BCUT2D eigenvalue weighted by molar-refractivity contribution is 8.00. The van der Waals surface area contributed by atoms with Crippen molar-refractivity contribution in [2.45, 2.75) is 35.5 Å². The number of sulfonamides is 1. The van der Waals surface area contributed by atoms with Crippen molar-refractivity contribution >= 4 is 33.4 Å². The molecule has 2 aromatic carbocycles. The van der Waals surface area contributed by atoms with Crippen molar-refractivity contribution in [2.75, 3.05) is 37.4 Å². The Labute approximate surface area is 182 Å². The number of hydrogen-bond donors (Lipinski definition) is 0. The smallest absolute Gasteiger partial charge is 0.243 e. The van der Waals surface area contributed by atoms with E-state index in [1.54, 1.807) is 34.5 Å². The summed E-state index contributed by atoms with van der Waals surface area (Å²) in [6.45, 7) is 1.83. The number of hydrogen-bond acceptors (Lipinski definition) is 5. The van der Waals surface area contributed by atoms with E-state index in [1.165, 1.54) is 11.8 Å². The summed E-state index contributed by atoms with van der Waals surface area (Å²) in [4.78, 5) is 16.0. The van der Waals surface area contributed by atoms with Crippen molar-refractivity contribution < 1.29 is 17.9 Å². The van der Waals surface area contributed by atoms with Gasteiger partial charge in [-0.15, -0.1) is 11.8 Å². The van der Waals surface area contributed by atoms with Gasteiger partial charge in [-0.2, -0.15) is 4.31 Å². The van der Waals surface area contributed by atoms with Gasteiger partial charge in [0.25, 0.3) is 0 Å². The summed E-state index contributed by atoms with van der Waals surface area (Å²) in [7, 11) is -1.83. The fraction of sp³-hybridized carbons (Fsp3) is 0.409. The number of carbonyl (C=O) groups is 1. The van der Waals surface area contributed by atoms with Gasteiger partial charge in [-0.3, -0.25) is 4.79 Å². The number of amides is 1. The predicted octanol–water partition coefficient (Wildman–Crippen LogP) is 3.55. The van der Waals surface area contributed by atoms with Gasteiger partial charge >= 0.3 is 0 Å². The first kappa shape index (κ1) is 21.2. The fourth-order valence-corrected chi connectivity index (χ4v) is 6.37. The van der Waals surface area contributed by atoms with Gasteiger partial charge in [0.05, 0.1) is 17.8 Å². The molecule has 160 valence electrons. The Morgan fingerprint density at radius 3 is 2.63 bits per heavy atom. The molecule has 2 aliphatic rings. The Hall–Kier alpha value is -2.03. The maximum atomic E-state index is 12.9. The molecular weight excluding hydrogens is 420 g/mol. The first-order valence-electron chi connectivity index (χ1n) is 10.2. The van der Waals surface area contributed by atoms with E-state index in [-0.39, 0.29) is 5.91 Å². The van der Waals surface area contributed by atoms with Crippen LogP contribution >= 0.6 is 11.8 Å². The van der Waals surface area contributed by atoms with Gasteiger partial charge in [0.2, 0.25) is 15.9 Å². The van der Waals surface area contributed by atoms with Crippen LogP contribution in [0.1, 0.15) is 24.8 Å². The maximum Gasteiger partial charge on any atom is 0.243 e. The fourth-order valence-electron chi connectivity index (χ4n) is 3.98. The molecule has 0 unspecified atom stereocenters. The highest BCUT2D eigenvalue weighted by atomic mass is 32.2. The Balaban J connectivity index is 1.50. The Morgan fingerprint density at radius 2 is 1.87 bits per heavy atom. The molecule has 2 heterocycles. The monoisotopic (exact) mass is 446 g/mol. The van der Waals surface area contributed by atoms with Crippen LogP contribution in [0.3, 0.4) is 0 Å². The molecule has 8 heteroatoms. The summed E-state index contributed by atoms with van der Waals surface area (Å²) >= 11 is 1.48. The SMILES string of the molecule is COc1cccc(SCC(=O)N2CCCc3cc(S(=O)(=O)N4CCCC4)ccc32)c1. The van der Waals surface area contributed by atoms with Crippen LogP contribution in [0.25, 0.3) is 0 Å². The summed E-state index contributed by atoms with van der Waals surface area (Å²) < 4.78 is 32.6. The van der Waals surface area contributed by atoms with Gasteiger partial charge in [-0.05, 0) is 67.6 Å². The van der Waals surface area contributed by atoms with Crippen LogP contribution < -0.4 is 9.64 Å². The molecule has 0 spiro atoms. The number of methoxy groups -OCH3 is 1. The van der Waals surface area contributed by atoms with Crippen molar-refractivity contribution in [2.24, 2.45) is 0 Å². The minimum absolute atomic E-state index is 0.0268. The van der Waals surface area contributed by atoms with Crippen molar-refractivity contribution in [3.63, 3.8) is 0 Å². The van der Waals surface area contributed by atoms with Crippen LogP contribution in [0.4, 0.5) is 5.69 Å². The summed E-state index contributed by atoms with van der Waals surface area (Å²) in [5.74, 6) is 1.11. The zero-order valence-electron chi connectivity index (χ0n) is 17.0. The molecule has 0 aliphatic carbocycles. The highest BCUT2D eigenvalue weighted by Gasteiger charge is 2.29. The number of ether oxygens (including phenoxy) is 1. The number of thioether (sulfide) groups is 1. The van der Waals surface area contributed by atoms with Crippen LogP contribution in [0.15, 0.2) is 52.3 Å². The molecule has 2 aromatic rings. The van der Waals surface area contributed by atoms with Gasteiger partial charge in [0.1, 0.15) is 5.75 Å². The molecule has 6 nitrogen and oxygen atoms in total. The van der Waals surface area contributed by atoms with Crippen LogP contribution in [-0.2, 0) is 21.2 Å². The second kappa shape index (κ2) is 8.99. The zero-order valence-corrected chi connectivity index (χ0v) is 18.7. The third-order valence-corrected chi connectivity index (χ3v) is 8.45. The van der Waals surface area contributed by atoms with E-state index in [9.17, 15) is 13.2 Å². The molecule has 0 bridgehead atoms. The number of carbonyl (C=O) groups excluding carboxylic acids is 1. The largest absolute Gasteiger partial charge is 0.497 e. The molecule has 0 radical (unpaired) electrons. The van der Waals surface area contributed by atoms with E-state index in [0.717, 1.165) is 47.6 Å².